The zero-order valence-corrected chi connectivity index (χ0v) is 16.1. The molecule has 0 fully saturated rings. The lowest BCUT2D eigenvalue weighted by atomic mass is 9.96. The molecule has 0 aromatic carbocycles. The molecule has 137 valence electrons. The second-order valence-electron chi connectivity index (χ2n) is 6.90. The second kappa shape index (κ2) is 17.8. The van der Waals surface area contributed by atoms with Gasteiger partial charge in [0.1, 0.15) is 0 Å². The van der Waals surface area contributed by atoms with Crippen LogP contribution in [0.2, 0.25) is 0 Å². The molecule has 0 rings (SSSR count). The summed E-state index contributed by atoms with van der Waals surface area (Å²) in [6.07, 6.45) is 18.8. The molecule has 0 aliphatic rings. The van der Waals surface area contributed by atoms with Crippen molar-refractivity contribution in [3.8, 4) is 0 Å². The van der Waals surface area contributed by atoms with E-state index in [2.05, 4.69) is 27.2 Å². The van der Waals surface area contributed by atoms with Gasteiger partial charge in [0, 0.05) is 6.42 Å². The molecule has 0 heterocycles. The molecule has 2 nitrogen and oxygen atoms in total. The van der Waals surface area contributed by atoms with Gasteiger partial charge in [-0.1, -0.05) is 85.0 Å². The fourth-order valence-electron chi connectivity index (χ4n) is 2.92. The van der Waals surface area contributed by atoms with Crippen molar-refractivity contribution in [1.29, 1.82) is 0 Å². The van der Waals surface area contributed by atoms with Crippen LogP contribution in [0.25, 0.3) is 0 Å². The Bertz CT molecular complexity index is 250. The number of hydrogen-bond acceptors (Lipinski definition) is 2. The minimum Gasteiger partial charge on any atom is -0.465 e. The van der Waals surface area contributed by atoms with Crippen molar-refractivity contribution in [3.63, 3.8) is 0 Å². The molecular weight excluding hydrogens is 284 g/mol. The van der Waals surface area contributed by atoms with Gasteiger partial charge in [0.25, 0.3) is 0 Å². The van der Waals surface area contributed by atoms with Crippen LogP contribution in [0.3, 0.4) is 0 Å². The van der Waals surface area contributed by atoms with E-state index in [1.807, 2.05) is 0 Å². The Hall–Kier alpha value is -0.530. The third kappa shape index (κ3) is 16.1. The first-order valence-electron chi connectivity index (χ1n) is 10.2. The van der Waals surface area contributed by atoms with E-state index in [0.29, 0.717) is 18.9 Å². The summed E-state index contributed by atoms with van der Waals surface area (Å²) in [4.78, 5) is 11.9. The topological polar surface area (TPSA) is 26.3 Å². The second-order valence-corrected chi connectivity index (χ2v) is 6.90. The summed E-state index contributed by atoms with van der Waals surface area (Å²) in [5.41, 5.74) is 0. The molecular formula is C21H41O2. The highest BCUT2D eigenvalue weighted by molar-refractivity contribution is 5.69. The standard InChI is InChI=1S/C21H41O2/c1-4-7-10-12-13-15-18-21(22)23-19-20(16-9-6-3)17-14-11-8-5-2/h4,20H,5-19H2,1-3H3. The first-order valence-corrected chi connectivity index (χ1v) is 10.2. The van der Waals surface area contributed by atoms with Crippen molar-refractivity contribution in [2.45, 2.75) is 111 Å². The number of ether oxygens (including phenoxy) is 1. The van der Waals surface area contributed by atoms with E-state index in [1.54, 1.807) is 0 Å². The number of rotatable bonds is 17. The molecule has 2 heteroatoms. The van der Waals surface area contributed by atoms with Gasteiger partial charge < -0.3 is 4.74 Å². The Balaban J connectivity index is 3.73. The molecule has 0 saturated carbocycles. The lowest BCUT2D eigenvalue weighted by Crippen LogP contribution is -2.14. The third-order valence-electron chi connectivity index (χ3n) is 4.54. The molecule has 0 spiro atoms. The minimum atomic E-state index is 0.0158. The largest absolute Gasteiger partial charge is 0.465 e. The van der Waals surface area contributed by atoms with Crippen LogP contribution in [0.4, 0.5) is 0 Å². The lowest BCUT2D eigenvalue weighted by molar-refractivity contribution is -0.145. The zero-order chi connectivity index (χ0) is 17.2. The van der Waals surface area contributed by atoms with Crippen molar-refractivity contribution in [2.24, 2.45) is 5.92 Å². The van der Waals surface area contributed by atoms with E-state index in [1.165, 1.54) is 70.6 Å². The van der Waals surface area contributed by atoms with Crippen LogP contribution in [0.5, 0.6) is 0 Å². The van der Waals surface area contributed by atoms with E-state index in [4.69, 9.17) is 4.74 Å². The van der Waals surface area contributed by atoms with E-state index >= 15 is 0 Å². The van der Waals surface area contributed by atoms with Crippen molar-refractivity contribution < 1.29 is 9.53 Å². The molecule has 1 radical (unpaired) electrons. The van der Waals surface area contributed by atoms with Crippen LogP contribution < -0.4 is 0 Å². The summed E-state index contributed by atoms with van der Waals surface area (Å²) in [6, 6.07) is 0. The first-order chi connectivity index (χ1) is 11.2. The summed E-state index contributed by atoms with van der Waals surface area (Å²) < 4.78 is 5.54. The Labute approximate surface area is 145 Å². The number of hydrogen-bond donors (Lipinski definition) is 0. The average Bonchev–Trinajstić information content (AvgIpc) is 2.56. The summed E-state index contributed by atoms with van der Waals surface area (Å²) in [5, 5.41) is 0. The van der Waals surface area contributed by atoms with Crippen molar-refractivity contribution in [2.75, 3.05) is 6.61 Å². The van der Waals surface area contributed by atoms with Gasteiger partial charge in [0.2, 0.25) is 0 Å². The smallest absolute Gasteiger partial charge is 0.305 e. The first kappa shape index (κ1) is 22.5. The maximum absolute atomic E-state index is 11.9. The fourth-order valence-corrected chi connectivity index (χ4v) is 2.92. The van der Waals surface area contributed by atoms with E-state index < -0.39 is 0 Å². The van der Waals surface area contributed by atoms with Gasteiger partial charge in [0.05, 0.1) is 6.61 Å². The van der Waals surface area contributed by atoms with E-state index in [0.717, 1.165) is 12.8 Å². The number of unbranched alkanes of at least 4 members (excludes halogenated alkanes) is 9. The number of carbonyl (C=O) groups is 1. The predicted octanol–water partition coefficient (Wildman–Crippen LogP) is 6.87. The molecule has 0 aliphatic carbocycles. The highest BCUT2D eigenvalue weighted by Gasteiger charge is 2.11. The van der Waals surface area contributed by atoms with Crippen LogP contribution in [0, 0.1) is 12.3 Å². The molecule has 1 unspecified atom stereocenters. The van der Waals surface area contributed by atoms with Gasteiger partial charge in [-0.2, -0.15) is 0 Å². The Morgan fingerprint density at radius 1 is 0.870 bits per heavy atom. The van der Waals surface area contributed by atoms with Gasteiger partial charge in [-0.3, -0.25) is 4.79 Å². The van der Waals surface area contributed by atoms with Crippen molar-refractivity contribution >= 4 is 5.97 Å². The van der Waals surface area contributed by atoms with Crippen LogP contribution in [0.15, 0.2) is 0 Å². The van der Waals surface area contributed by atoms with Crippen LogP contribution in [0.1, 0.15) is 111 Å². The summed E-state index contributed by atoms with van der Waals surface area (Å²) in [5.74, 6) is 0.595. The van der Waals surface area contributed by atoms with Gasteiger partial charge in [-0.15, -0.1) is 0 Å². The zero-order valence-electron chi connectivity index (χ0n) is 16.1. The maximum atomic E-state index is 11.9. The van der Waals surface area contributed by atoms with Gasteiger partial charge in [-0.05, 0) is 31.6 Å². The molecule has 0 aromatic rings. The van der Waals surface area contributed by atoms with Gasteiger partial charge in [-0.25, -0.2) is 0 Å². The third-order valence-corrected chi connectivity index (χ3v) is 4.54. The lowest BCUT2D eigenvalue weighted by Gasteiger charge is -2.16. The average molecular weight is 326 g/mol. The Kier molecular flexibility index (Phi) is 17.4. The highest BCUT2D eigenvalue weighted by Crippen LogP contribution is 2.18. The minimum absolute atomic E-state index is 0.0158. The van der Waals surface area contributed by atoms with Gasteiger partial charge in [0.15, 0.2) is 0 Å². The molecule has 0 saturated heterocycles. The quantitative estimate of drug-likeness (QED) is 0.215. The normalized spacial score (nSPS) is 12.3. The Morgan fingerprint density at radius 2 is 1.52 bits per heavy atom. The monoisotopic (exact) mass is 325 g/mol. The van der Waals surface area contributed by atoms with E-state index in [-0.39, 0.29) is 5.97 Å². The molecule has 23 heavy (non-hydrogen) atoms. The van der Waals surface area contributed by atoms with Crippen LogP contribution in [-0.2, 0) is 9.53 Å². The maximum Gasteiger partial charge on any atom is 0.305 e. The predicted molar refractivity (Wildman–Crippen MR) is 100 cm³/mol. The van der Waals surface area contributed by atoms with Crippen molar-refractivity contribution in [1.82, 2.24) is 0 Å². The van der Waals surface area contributed by atoms with Gasteiger partial charge >= 0.3 is 5.97 Å². The summed E-state index contributed by atoms with van der Waals surface area (Å²) >= 11 is 0. The molecule has 0 amide bonds. The molecule has 0 N–H and O–H groups in total. The number of carbonyl (C=O) groups excluding carboxylic acids is 1. The summed E-state index contributed by atoms with van der Waals surface area (Å²) in [7, 11) is 0. The molecule has 0 aromatic heterocycles. The Morgan fingerprint density at radius 3 is 2.22 bits per heavy atom. The summed E-state index contributed by atoms with van der Waals surface area (Å²) in [6.45, 7) is 7.23. The SMILES string of the molecule is C[CH]CCCCCCC(=O)OCC(CCCC)CCCCCC. The highest BCUT2D eigenvalue weighted by atomic mass is 16.5. The molecule has 0 aliphatic heterocycles. The van der Waals surface area contributed by atoms with E-state index in [9.17, 15) is 4.79 Å². The molecule has 1 atom stereocenters. The van der Waals surface area contributed by atoms with Crippen LogP contribution in [-0.4, -0.2) is 12.6 Å². The van der Waals surface area contributed by atoms with Crippen LogP contribution >= 0.6 is 0 Å². The fraction of sp³-hybridized carbons (Fsp3) is 0.905. The number of esters is 1. The molecule has 0 bridgehead atoms. The van der Waals surface area contributed by atoms with Crippen molar-refractivity contribution in [3.05, 3.63) is 6.42 Å².